The van der Waals surface area contributed by atoms with E-state index in [2.05, 4.69) is 24.3 Å². The smallest absolute Gasteiger partial charge is 0.200 e. The summed E-state index contributed by atoms with van der Waals surface area (Å²) in [6.07, 6.45) is 4.15. The van der Waals surface area contributed by atoms with E-state index in [1.165, 1.54) is 0 Å². The lowest BCUT2D eigenvalue weighted by atomic mass is 10.1. The Morgan fingerprint density at radius 1 is 0.815 bits per heavy atom. The van der Waals surface area contributed by atoms with E-state index in [4.69, 9.17) is 9.15 Å². The second-order valence-corrected chi connectivity index (χ2v) is 6.46. The molecule has 0 unspecified atom stereocenters. The molecular formula is C23H21NO3. The van der Waals surface area contributed by atoms with Crippen LogP contribution in [0.4, 0.5) is 5.88 Å². The maximum absolute atomic E-state index is 12.1. The normalized spacial score (nSPS) is 14.6. The SMILES string of the molecule is O=c1cc(-c2ccc(/C=C/c3ccccc3)cc2)oc(N2CCOCC2)c1. The number of ether oxygens (including phenoxy) is 1. The maximum atomic E-state index is 12.1. The number of hydrogen-bond acceptors (Lipinski definition) is 4. The lowest BCUT2D eigenvalue weighted by Crippen LogP contribution is -2.36. The number of nitrogens with zero attached hydrogens (tertiary/aromatic N) is 1. The fraction of sp³-hybridized carbons (Fsp3) is 0.174. The summed E-state index contributed by atoms with van der Waals surface area (Å²) in [7, 11) is 0. The Labute approximate surface area is 158 Å². The van der Waals surface area contributed by atoms with Crippen LogP contribution in [0.15, 0.2) is 75.9 Å². The zero-order valence-corrected chi connectivity index (χ0v) is 15.0. The molecule has 1 aromatic heterocycles. The van der Waals surface area contributed by atoms with Crippen molar-refractivity contribution in [3.05, 3.63) is 88.1 Å². The first kappa shape index (κ1) is 17.3. The number of benzene rings is 2. The predicted octanol–water partition coefficient (Wildman–Crippen LogP) is 4.31. The number of rotatable bonds is 4. The summed E-state index contributed by atoms with van der Waals surface area (Å²) in [4.78, 5) is 14.2. The van der Waals surface area contributed by atoms with Crippen molar-refractivity contribution < 1.29 is 9.15 Å². The van der Waals surface area contributed by atoms with Crippen LogP contribution in [0.1, 0.15) is 11.1 Å². The average molecular weight is 359 g/mol. The highest BCUT2D eigenvalue weighted by atomic mass is 16.5. The van der Waals surface area contributed by atoms with Gasteiger partial charge in [0.05, 0.1) is 13.2 Å². The molecule has 1 saturated heterocycles. The van der Waals surface area contributed by atoms with E-state index < -0.39 is 0 Å². The molecule has 0 spiro atoms. The van der Waals surface area contributed by atoms with Gasteiger partial charge in [-0.15, -0.1) is 0 Å². The van der Waals surface area contributed by atoms with Crippen LogP contribution in [0.25, 0.3) is 23.5 Å². The first-order valence-electron chi connectivity index (χ1n) is 9.09. The summed E-state index contributed by atoms with van der Waals surface area (Å²) < 4.78 is 11.4. The van der Waals surface area contributed by atoms with Gasteiger partial charge < -0.3 is 14.1 Å². The first-order valence-corrected chi connectivity index (χ1v) is 9.09. The van der Waals surface area contributed by atoms with Crippen molar-refractivity contribution in [2.75, 3.05) is 31.2 Å². The molecule has 0 atom stereocenters. The fourth-order valence-electron chi connectivity index (χ4n) is 3.06. The molecule has 4 rings (SSSR count). The third-order valence-corrected chi connectivity index (χ3v) is 4.54. The number of morpholine rings is 1. The molecule has 0 bridgehead atoms. The van der Waals surface area contributed by atoms with Crippen LogP contribution in [-0.4, -0.2) is 26.3 Å². The molecule has 0 amide bonds. The Morgan fingerprint density at radius 3 is 2.19 bits per heavy atom. The van der Waals surface area contributed by atoms with Crippen LogP contribution in [0.5, 0.6) is 0 Å². The third kappa shape index (κ3) is 4.36. The highest BCUT2D eigenvalue weighted by Gasteiger charge is 2.15. The number of anilines is 1. The van der Waals surface area contributed by atoms with Gasteiger partial charge in [0.15, 0.2) is 11.3 Å². The monoisotopic (exact) mass is 359 g/mol. The molecule has 1 aliphatic rings. The van der Waals surface area contributed by atoms with E-state index >= 15 is 0 Å². The van der Waals surface area contributed by atoms with E-state index in [1.807, 2.05) is 47.4 Å². The van der Waals surface area contributed by atoms with E-state index in [0.29, 0.717) is 24.9 Å². The van der Waals surface area contributed by atoms with Gasteiger partial charge in [0, 0.05) is 30.8 Å². The first-order chi connectivity index (χ1) is 13.3. The highest BCUT2D eigenvalue weighted by molar-refractivity contribution is 5.71. The molecule has 1 aliphatic heterocycles. The van der Waals surface area contributed by atoms with Gasteiger partial charge >= 0.3 is 0 Å². The Kier molecular flexibility index (Phi) is 5.17. The summed E-state index contributed by atoms with van der Waals surface area (Å²) in [5.41, 5.74) is 3.09. The number of hydrogen-bond donors (Lipinski definition) is 0. The molecular weight excluding hydrogens is 338 g/mol. The fourth-order valence-corrected chi connectivity index (χ4v) is 3.06. The quantitative estimate of drug-likeness (QED) is 0.651. The molecule has 0 N–H and O–H groups in total. The molecule has 0 radical (unpaired) electrons. The highest BCUT2D eigenvalue weighted by Crippen LogP contribution is 2.24. The van der Waals surface area contributed by atoms with Crippen LogP contribution in [-0.2, 0) is 4.74 Å². The van der Waals surface area contributed by atoms with Crippen molar-refractivity contribution in [3.8, 4) is 11.3 Å². The molecule has 2 heterocycles. The Hall–Kier alpha value is -3.11. The molecule has 27 heavy (non-hydrogen) atoms. The van der Waals surface area contributed by atoms with Gasteiger partial charge in [0.2, 0.25) is 0 Å². The Morgan fingerprint density at radius 2 is 1.48 bits per heavy atom. The standard InChI is InChI=1S/C23H21NO3/c25-21-16-22(27-23(17-21)24-12-14-26-15-13-24)20-10-8-19(9-11-20)7-6-18-4-2-1-3-5-18/h1-11,16-17H,12-15H2/b7-6+. The summed E-state index contributed by atoms with van der Waals surface area (Å²) in [6.45, 7) is 2.76. The second-order valence-electron chi connectivity index (χ2n) is 6.46. The zero-order valence-electron chi connectivity index (χ0n) is 15.0. The van der Waals surface area contributed by atoms with Gasteiger partial charge in [0.1, 0.15) is 5.76 Å². The molecule has 2 aromatic carbocycles. The van der Waals surface area contributed by atoms with Gasteiger partial charge in [0.25, 0.3) is 0 Å². The molecule has 1 fully saturated rings. The minimum atomic E-state index is -0.0502. The van der Waals surface area contributed by atoms with Crippen molar-refractivity contribution in [2.24, 2.45) is 0 Å². The van der Waals surface area contributed by atoms with Crippen molar-refractivity contribution in [1.29, 1.82) is 0 Å². The largest absolute Gasteiger partial charge is 0.440 e. The van der Waals surface area contributed by atoms with Gasteiger partial charge in [-0.25, -0.2) is 0 Å². The topological polar surface area (TPSA) is 42.7 Å². The minimum absolute atomic E-state index is 0.0502. The zero-order chi connectivity index (χ0) is 18.5. The van der Waals surface area contributed by atoms with Crippen molar-refractivity contribution in [2.45, 2.75) is 0 Å². The van der Waals surface area contributed by atoms with E-state index in [0.717, 1.165) is 29.8 Å². The predicted molar refractivity (Wildman–Crippen MR) is 109 cm³/mol. The van der Waals surface area contributed by atoms with Gasteiger partial charge in [-0.2, -0.15) is 0 Å². The lowest BCUT2D eigenvalue weighted by Gasteiger charge is -2.27. The Balaban J connectivity index is 1.56. The minimum Gasteiger partial charge on any atom is -0.440 e. The summed E-state index contributed by atoms with van der Waals surface area (Å²) >= 11 is 0. The van der Waals surface area contributed by atoms with Crippen molar-refractivity contribution >= 4 is 18.0 Å². The van der Waals surface area contributed by atoms with E-state index in [-0.39, 0.29) is 5.43 Å². The van der Waals surface area contributed by atoms with Crippen LogP contribution >= 0.6 is 0 Å². The van der Waals surface area contributed by atoms with E-state index in [1.54, 1.807) is 12.1 Å². The van der Waals surface area contributed by atoms with Gasteiger partial charge in [-0.3, -0.25) is 4.79 Å². The van der Waals surface area contributed by atoms with Gasteiger partial charge in [-0.1, -0.05) is 66.7 Å². The molecule has 4 heteroatoms. The lowest BCUT2D eigenvalue weighted by molar-refractivity contribution is 0.120. The van der Waals surface area contributed by atoms with Gasteiger partial charge in [-0.05, 0) is 11.1 Å². The molecule has 0 saturated carbocycles. The second kappa shape index (κ2) is 8.06. The van der Waals surface area contributed by atoms with E-state index in [9.17, 15) is 4.79 Å². The summed E-state index contributed by atoms with van der Waals surface area (Å²) in [6, 6.07) is 21.3. The van der Waals surface area contributed by atoms with Crippen molar-refractivity contribution in [1.82, 2.24) is 0 Å². The summed E-state index contributed by atoms with van der Waals surface area (Å²) in [5.74, 6) is 1.19. The van der Waals surface area contributed by atoms with Crippen LogP contribution < -0.4 is 10.3 Å². The summed E-state index contributed by atoms with van der Waals surface area (Å²) in [5, 5.41) is 0. The van der Waals surface area contributed by atoms with Crippen LogP contribution in [0.3, 0.4) is 0 Å². The molecule has 4 nitrogen and oxygen atoms in total. The third-order valence-electron chi connectivity index (χ3n) is 4.54. The van der Waals surface area contributed by atoms with Crippen LogP contribution in [0, 0.1) is 0 Å². The van der Waals surface area contributed by atoms with Crippen LogP contribution in [0.2, 0.25) is 0 Å². The Bertz CT molecular complexity index is 969. The average Bonchev–Trinajstić information content (AvgIpc) is 2.73. The molecule has 3 aromatic rings. The molecule has 0 aliphatic carbocycles. The molecule has 136 valence electrons. The van der Waals surface area contributed by atoms with Crippen molar-refractivity contribution in [3.63, 3.8) is 0 Å². The maximum Gasteiger partial charge on any atom is 0.200 e.